The molecule has 0 fully saturated rings. The number of thiophene rings is 1. The Hall–Kier alpha value is -3.27. The number of benzene rings is 2. The third-order valence-electron chi connectivity index (χ3n) is 5.73. The smallest absolute Gasteiger partial charge is 0.234 e. The number of aromatic nitrogens is 4. The number of amides is 1. The molecule has 5 rings (SSSR count). The Balaban J connectivity index is 1.23. The van der Waals surface area contributed by atoms with E-state index >= 15 is 0 Å². The summed E-state index contributed by atoms with van der Waals surface area (Å²) >= 11 is 4.80. The number of nitrogens with zero attached hydrogens (tertiary/aromatic N) is 4. The maximum Gasteiger partial charge on any atom is 0.234 e. The van der Waals surface area contributed by atoms with E-state index in [0.717, 1.165) is 46.0 Å². The van der Waals surface area contributed by atoms with Gasteiger partial charge in [-0.2, -0.15) is 0 Å². The van der Waals surface area contributed by atoms with E-state index in [9.17, 15) is 4.79 Å². The second kappa shape index (κ2) is 11.4. The van der Waals surface area contributed by atoms with Gasteiger partial charge in [0.05, 0.1) is 16.0 Å². The molecule has 9 heteroatoms. The molecule has 1 amide bonds. The fourth-order valence-electron chi connectivity index (χ4n) is 3.96. The molecule has 0 atom stereocenters. The number of thioether (sulfide) groups is 1. The number of thiazole rings is 1. The fourth-order valence-corrected chi connectivity index (χ4v) is 6.74. The number of nitrogens with one attached hydrogen (secondary N) is 1. The minimum absolute atomic E-state index is 0.0938. The van der Waals surface area contributed by atoms with Gasteiger partial charge in [0.2, 0.25) is 5.91 Å². The van der Waals surface area contributed by atoms with Crippen molar-refractivity contribution in [3.05, 3.63) is 77.0 Å². The first-order valence-corrected chi connectivity index (χ1v) is 14.7. The first-order valence-electron chi connectivity index (χ1n) is 12.1. The lowest BCUT2D eigenvalue weighted by Crippen LogP contribution is -2.14. The van der Waals surface area contributed by atoms with Crippen molar-refractivity contribution >= 4 is 56.2 Å². The van der Waals surface area contributed by atoms with Gasteiger partial charge in [0, 0.05) is 33.6 Å². The summed E-state index contributed by atoms with van der Waals surface area (Å²) in [5.41, 5.74) is 5.08. The summed E-state index contributed by atoms with van der Waals surface area (Å²) in [6.07, 6.45) is 3.99. The van der Waals surface area contributed by atoms with Gasteiger partial charge in [-0.05, 0) is 61.4 Å². The maximum atomic E-state index is 12.7. The Morgan fingerprint density at radius 3 is 2.76 bits per heavy atom. The van der Waals surface area contributed by atoms with Crippen LogP contribution in [0, 0.1) is 6.92 Å². The molecule has 2 aromatic carbocycles. The highest BCUT2D eigenvalue weighted by Gasteiger charge is 2.16. The number of carbonyl (C=O) groups excluding carboxylic acids is 1. The standard InChI is InChI=1S/C28H27N5OS3/c1-4-6-22-15-20(16-35-22)26-31-32-28(33(26)13-5-2)36-17-25(34)29-21-10-8-19(9-11-21)27-30-23-12-7-18(3)14-24(23)37-27/h5,7-12,14-16H,2,4,6,13,17H2,1,3H3,(H,29,34). The number of hydrogen-bond acceptors (Lipinski definition) is 7. The Bertz CT molecular complexity index is 1550. The van der Waals surface area contributed by atoms with Crippen LogP contribution in [0.1, 0.15) is 23.8 Å². The molecule has 0 aliphatic carbocycles. The minimum Gasteiger partial charge on any atom is -0.325 e. The number of aryl methyl sites for hydroxylation is 2. The van der Waals surface area contributed by atoms with Crippen LogP contribution < -0.4 is 5.32 Å². The van der Waals surface area contributed by atoms with Crippen molar-refractivity contribution in [1.82, 2.24) is 19.7 Å². The lowest BCUT2D eigenvalue weighted by atomic mass is 10.2. The molecule has 0 spiro atoms. The van der Waals surface area contributed by atoms with Crippen LogP contribution in [0.25, 0.3) is 32.2 Å². The number of allylic oxidation sites excluding steroid dienone is 1. The summed E-state index contributed by atoms with van der Waals surface area (Å²) in [7, 11) is 0. The monoisotopic (exact) mass is 545 g/mol. The van der Waals surface area contributed by atoms with E-state index in [1.54, 1.807) is 22.7 Å². The van der Waals surface area contributed by atoms with E-state index in [1.807, 2.05) is 34.9 Å². The molecule has 0 aliphatic rings. The molecule has 0 unspecified atom stereocenters. The summed E-state index contributed by atoms with van der Waals surface area (Å²) < 4.78 is 3.19. The van der Waals surface area contributed by atoms with Crippen LogP contribution in [0.4, 0.5) is 5.69 Å². The van der Waals surface area contributed by atoms with Crippen molar-refractivity contribution in [2.75, 3.05) is 11.1 Å². The molecule has 0 saturated heterocycles. The predicted molar refractivity (Wildman–Crippen MR) is 157 cm³/mol. The molecule has 3 heterocycles. The first kappa shape index (κ1) is 25.4. The highest BCUT2D eigenvalue weighted by molar-refractivity contribution is 7.99. The van der Waals surface area contributed by atoms with Gasteiger partial charge >= 0.3 is 0 Å². The summed E-state index contributed by atoms with van der Waals surface area (Å²) in [6, 6.07) is 16.3. The molecule has 0 bridgehead atoms. The Morgan fingerprint density at radius 2 is 1.97 bits per heavy atom. The number of carbonyl (C=O) groups is 1. The number of hydrogen-bond donors (Lipinski definition) is 1. The topological polar surface area (TPSA) is 72.7 Å². The number of anilines is 1. The third kappa shape index (κ3) is 5.84. The van der Waals surface area contributed by atoms with E-state index in [0.29, 0.717) is 11.7 Å². The van der Waals surface area contributed by atoms with Gasteiger partial charge in [-0.25, -0.2) is 4.98 Å². The summed E-state index contributed by atoms with van der Waals surface area (Å²) in [5, 5.41) is 15.5. The zero-order valence-electron chi connectivity index (χ0n) is 20.7. The molecule has 3 aromatic heterocycles. The van der Waals surface area contributed by atoms with Crippen LogP contribution >= 0.6 is 34.4 Å². The van der Waals surface area contributed by atoms with E-state index in [2.05, 4.69) is 65.6 Å². The van der Waals surface area contributed by atoms with Crippen molar-refractivity contribution in [2.45, 2.75) is 38.4 Å². The van der Waals surface area contributed by atoms with Gasteiger partial charge in [0.15, 0.2) is 11.0 Å². The maximum absolute atomic E-state index is 12.7. The van der Waals surface area contributed by atoms with Crippen molar-refractivity contribution < 1.29 is 4.79 Å². The normalized spacial score (nSPS) is 11.2. The van der Waals surface area contributed by atoms with E-state index in [-0.39, 0.29) is 11.7 Å². The van der Waals surface area contributed by atoms with E-state index in [4.69, 9.17) is 4.98 Å². The van der Waals surface area contributed by atoms with Crippen molar-refractivity contribution in [3.63, 3.8) is 0 Å². The lowest BCUT2D eigenvalue weighted by Gasteiger charge is -2.08. The second-order valence-electron chi connectivity index (χ2n) is 8.66. The predicted octanol–water partition coefficient (Wildman–Crippen LogP) is 7.46. The van der Waals surface area contributed by atoms with Gasteiger partial charge < -0.3 is 5.32 Å². The van der Waals surface area contributed by atoms with Gasteiger partial charge in [-0.1, -0.05) is 37.2 Å². The lowest BCUT2D eigenvalue weighted by molar-refractivity contribution is -0.113. The van der Waals surface area contributed by atoms with E-state index < -0.39 is 0 Å². The average molecular weight is 546 g/mol. The van der Waals surface area contributed by atoms with Crippen LogP contribution in [-0.4, -0.2) is 31.4 Å². The van der Waals surface area contributed by atoms with Crippen molar-refractivity contribution in [2.24, 2.45) is 0 Å². The van der Waals surface area contributed by atoms with Crippen molar-refractivity contribution in [1.29, 1.82) is 0 Å². The molecular formula is C28H27N5OS3. The largest absolute Gasteiger partial charge is 0.325 e. The third-order valence-corrected chi connectivity index (χ3v) is 8.76. The van der Waals surface area contributed by atoms with Gasteiger partial charge in [0.25, 0.3) is 0 Å². The number of fused-ring (bicyclic) bond motifs is 1. The zero-order valence-corrected chi connectivity index (χ0v) is 23.2. The SMILES string of the molecule is C=CCn1c(SCC(=O)Nc2ccc(-c3nc4ccc(C)cc4s3)cc2)nnc1-c1csc(CCC)c1. The molecule has 188 valence electrons. The molecule has 6 nitrogen and oxygen atoms in total. The Kier molecular flexibility index (Phi) is 7.83. The van der Waals surface area contributed by atoms with Crippen LogP contribution in [0.2, 0.25) is 0 Å². The van der Waals surface area contributed by atoms with Crippen LogP contribution in [0.3, 0.4) is 0 Å². The molecule has 37 heavy (non-hydrogen) atoms. The quantitative estimate of drug-likeness (QED) is 0.146. The Labute approximate surface area is 228 Å². The average Bonchev–Trinajstić information content (AvgIpc) is 3.62. The molecule has 0 radical (unpaired) electrons. The van der Waals surface area contributed by atoms with Gasteiger partial charge in [-0.3, -0.25) is 9.36 Å². The van der Waals surface area contributed by atoms with Gasteiger partial charge in [-0.15, -0.1) is 39.4 Å². The van der Waals surface area contributed by atoms with E-state index in [1.165, 1.54) is 26.9 Å². The zero-order chi connectivity index (χ0) is 25.8. The number of rotatable bonds is 10. The highest BCUT2D eigenvalue weighted by Crippen LogP contribution is 2.32. The second-order valence-corrected chi connectivity index (χ2v) is 11.6. The molecule has 0 aliphatic heterocycles. The van der Waals surface area contributed by atoms with Gasteiger partial charge in [0.1, 0.15) is 5.01 Å². The highest BCUT2D eigenvalue weighted by atomic mass is 32.2. The molecule has 0 saturated carbocycles. The van der Waals surface area contributed by atoms with Crippen LogP contribution in [0.15, 0.2) is 71.7 Å². The summed E-state index contributed by atoms with van der Waals surface area (Å²) in [6.45, 7) is 8.72. The summed E-state index contributed by atoms with van der Waals surface area (Å²) in [4.78, 5) is 18.8. The summed E-state index contributed by atoms with van der Waals surface area (Å²) in [5.74, 6) is 0.949. The Morgan fingerprint density at radius 1 is 1.14 bits per heavy atom. The van der Waals surface area contributed by atoms with Crippen LogP contribution in [-0.2, 0) is 17.8 Å². The molecule has 5 aromatic rings. The first-order chi connectivity index (χ1) is 18.0. The van der Waals surface area contributed by atoms with Crippen molar-refractivity contribution in [3.8, 4) is 22.0 Å². The molecular weight excluding hydrogens is 519 g/mol. The molecule has 1 N–H and O–H groups in total. The fraction of sp³-hybridized carbons (Fsp3) is 0.214. The minimum atomic E-state index is -0.0938. The van der Waals surface area contributed by atoms with Crippen LogP contribution in [0.5, 0.6) is 0 Å².